The molecule has 0 aliphatic carbocycles. The molecule has 0 radical (unpaired) electrons. The molecule has 0 aromatic heterocycles. The number of nitrogens with zero attached hydrogens (tertiary/aromatic N) is 1. The van der Waals surface area contributed by atoms with Crippen molar-refractivity contribution in [3.8, 4) is 0 Å². The van der Waals surface area contributed by atoms with Crippen molar-refractivity contribution in [2.24, 2.45) is 11.8 Å². The number of nitrogens with one attached hydrogen (secondary N) is 1. The molecule has 0 bridgehead atoms. The highest BCUT2D eigenvalue weighted by Gasteiger charge is 2.36. The minimum absolute atomic E-state index is 0.0783. The topological polar surface area (TPSA) is 86.7 Å². The molecule has 0 saturated carbocycles. The first-order chi connectivity index (χ1) is 10.9. The van der Waals surface area contributed by atoms with Gasteiger partial charge < -0.3 is 15.3 Å². The highest BCUT2D eigenvalue weighted by molar-refractivity contribution is 5.91. The first kappa shape index (κ1) is 17.0. The van der Waals surface area contributed by atoms with Crippen molar-refractivity contribution in [3.63, 3.8) is 0 Å². The molecule has 2 unspecified atom stereocenters. The predicted octanol–water partition coefficient (Wildman–Crippen LogP) is 1.26. The van der Waals surface area contributed by atoms with E-state index in [-0.39, 0.29) is 24.2 Å². The first-order valence-electron chi connectivity index (χ1n) is 7.73. The molecule has 1 aliphatic heterocycles. The Morgan fingerprint density at radius 1 is 1.30 bits per heavy atom. The zero-order valence-corrected chi connectivity index (χ0v) is 13.4. The Balaban J connectivity index is 1.96. The van der Waals surface area contributed by atoms with Crippen LogP contribution in [0.25, 0.3) is 0 Å². The standard InChI is InChI=1S/C17H22N2O4/c1-11(2)15(17(22)23)18-16(21)13-8-14(20)19(10-13)9-12-6-4-3-5-7-12/h3-7,11,13,15H,8-10H2,1-2H3,(H,18,21)(H,22,23). The van der Waals surface area contributed by atoms with Crippen LogP contribution in [0.3, 0.4) is 0 Å². The van der Waals surface area contributed by atoms with Crippen molar-refractivity contribution in [2.45, 2.75) is 32.9 Å². The molecular weight excluding hydrogens is 296 g/mol. The average Bonchev–Trinajstić information content (AvgIpc) is 2.86. The van der Waals surface area contributed by atoms with Crippen LogP contribution >= 0.6 is 0 Å². The summed E-state index contributed by atoms with van der Waals surface area (Å²) in [5.41, 5.74) is 1.01. The van der Waals surface area contributed by atoms with Gasteiger partial charge in [0.15, 0.2) is 0 Å². The largest absolute Gasteiger partial charge is 0.480 e. The van der Waals surface area contributed by atoms with E-state index in [1.54, 1.807) is 18.7 Å². The number of aliphatic carboxylic acids is 1. The molecule has 1 aromatic rings. The van der Waals surface area contributed by atoms with Crippen LogP contribution < -0.4 is 5.32 Å². The summed E-state index contributed by atoms with van der Waals surface area (Å²) in [4.78, 5) is 37.1. The number of carboxylic acid groups (broad SMARTS) is 1. The van der Waals surface area contributed by atoms with E-state index in [9.17, 15) is 14.4 Å². The molecule has 1 heterocycles. The Morgan fingerprint density at radius 2 is 1.96 bits per heavy atom. The Bertz CT molecular complexity index is 586. The third-order valence-electron chi connectivity index (χ3n) is 4.03. The molecule has 1 aromatic carbocycles. The fourth-order valence-corrected chi connectivity index (χ4v) is 2.69. The number of carbonyl (C=O) groups is 3. The minimum atomic E-state index is -1.06. The van der Waals surface area contributed by atoms with E-state index >= 15 is 0 Å². The van der Waals surface area contributed by atoms with Crippen molar-refractivity contribution in [2.75, 3.05) is 6.54 Å². The van der Waals surface area contributed by atoms with Gasteiger partial charge in [0.25, 0.3) is 0 Å². The van der Waals surface area contributed by atoms with Gasteiger partial charge in [-0.05, 0) is 11.5 Å². The zero-order valence-electron chi connectivity index (χ0n) is 13.4. The van der Waals surface area contributed by atoms with E-state index in [4.69, 9.17) is 5.11 Å². The lowest BCUT2D eigenvalue weighted by atomic mass is 10.0. The summed E-state index contributed by atoms with van der Waals surface area (Å²) in [6.45, 7) is 4.27. The van der Waals surface area contributed by atoms with Crippen molar-refractivity contribution >= 4 is 17.8 Å². The fourth-order valence-electron chi connectivity index (χ4n) is 2.69. The van der Waals surface area contributed by atoms with Crippen LogP contribution in [0.5, 0.6) is 0 Å². The molecule has 1 fully saturated rings. The van der Waals surface area contributed by atoms with Crippen molar-refractivity contribution in [3.05, 3.63) is 35.9 Å². The summed E-state index contributed by atoms with van der Waals surface area (Å²) >= 11 is 0. The zero-order chi connectivity index (χ0) is 17.0. The number of carboxylic acids is 1. The van der Waals surface area contributed by atoms with Crippen LogP contribution in [-0.2, 0) is 20.9 Å². The molecule has 2 N–H and O–H groups in total. The summed E-state index contributed by atoms with van der Waals surface area (Å²) in [5.74, 6) is -2.21. The smallest absolute Gasteiger partial charge is 0.326 e. The van der Waals surface area contributed by atoms with Crippen LogP contribution in [-0.4, -0.2) is 40.4 Å². The molecule has 2 rings (SSSR count). The molecule has 0 spiro atoms. The van der Waals surface area contributed by atoms with Crippen molar-refractivity contribution in [1.29, 1.82) is 0 Å². The van der Waals surface area contributed by atoms with Gasteiger partial charge in [0.05, 0.1) is 5.92 Å². The van der Waals surface area contributed by atoms with E-state index in [0.717, 1.165) is 5.56 Å². The minimum Gasteiger partial charge on any atom is -0.480 e. The molecule has 6 heteroatoms. The molecule has 124 valence electrons. The quantitative estimate of drug-likeness (QED) is 0.827. The van der Waals surface area contributed by atoms with E-state index in [2.05, 4.69) is 5.32 Å². The van der Waals surface area contributed by atoms with Crippen LogP contribution in [0.15, 0.2) is 30.3 Å². The average molecular weight is 318 g/mol. The molecule has 23 heavy (non-hydrogen) atoms. The Labute approximate surface area is 135 Å². The van der Waals surface area contributed by atoms with Crippen LogP contribution in [0.1, 0.15) is 25.8 Å². The van der Waals surface area contributed by atoms with Gasteiger partial charge in [-0.3, -0.25) is 9.59 Å². The maximum Gasteiger partial charge on any atom is 0.326 e. The monoisotopic (exact) mass is 318 g/mol. The number of amides is 2. The summed E-state index contributed by atoms with van der Waals surface area (Å²) in [7, 11) is 0. The lowest BCUT2D eigenvalue weighted by molar-refractivity contribution is -0.143. The van der Waals surface area contributed by atoms with E-state index in [0.29, 0.717) is 13.1 Å². The number of rotatable bonds is 6. The number of carbonyl (C=O) groups excluding carboxylic acids is 2. The second-order valence-corrected chi connectivity index (χ2v) is 6.23. The van der Waals surface area contributed by atoms with Crippen LogP contribution in [0, 0.1) is 11.8 Å². The van der Waals surface area contributed by atoms with Gasteiger partial charge in [0, 0.05) is 19.5 Å². The van der Waals surface area contributed by atoms with E-state index < -0.39 is 17.9 Å². The molecule has 6 nitrogen and oxygen atoms in total. The highest BCUT2D eigenvalue weighted by atomic mass is 16.4. The number of hydrogen-bond donors (Lipinski definition) is 2. The summed E-state index contributed by atoms with van der Waals surface area (Å²) in [6, 6.07) is 8.64. The van der Waals surface area contributed by atoms with Gasteiger partial charge in [-0.25, -0.2) is 4.79 Å². The SMILES string of the molecule is CC(C)C(NC(=O)C1CC(=O)N(Cc2ccccc2)C1)C(=O)O. The summed E-state index contributed by atoms with van der Waals surface area (Å²) < 4.78 is 0. The third-order valence-corrected chi connectivity index (χ3v) is 4.03. The Morgan fingerprint density at radius 3 is 2.52 bits per heavy atom. The van der Waals surface area contributed by atoms with Gasteiger partial charge in [-0.1, -0.05) is 44.2 Å². The molecular formula is C17H22N2O4. The second kappa shape index (κ2) is 7.26. The highest BCUT2D eigenvalue weighted by Crippen LogP contribution is 2.21. The Kier molecular flexibility index (Phi) is 5.36. The molecule has 2 amide bonds. The van der Waals surface area contributed by atoms with Gasteiger partial charge in [0.1, 0.15) is 6.04 Å². The first-order valence-corrected chi connectivity index (χ1v) is 7.73. The van der Waals surface area contributed by atoms with Gasteiger partial charge >= 0.3 is 5.97 Å². The Hall–Kier alpha value is -2.37. The lowest BCUT2D eigenvalue weighted by Gasteiger charge is -2.20. The summed E-state index contributed by atoms with van der Waals surface area (Å²) in [6.07, 6.45) is 0.128. The van der Waals surface area contributed by atoms with Gasteiger partial charge in [0.2, 0.25) is 11.8 Å². The number of benzene rings is 1. The maximum atomic E-state index is 12.3. The summed E-state index contributed by atoms with van der Waals surface area (Å²) in [5, 5.41) is 11.7. The molecule has 1 aliphatic rings. The number of hydrogen-bond acceptors (Lipinski definition) is 3. The normalized spacial score (nSPS) is 19.0. The van der Waals surface area contributed by atoms with E-state index in [1.807, 2.05) is 30.3 Å². The maximum absolute atomic E-state index is 12.3. The van der Waals surface area contributed by atoms with Crippen molar-refractivity contribution < 1.29 is 19.5 Å². The van der Waals surface area contributed by atoms with Gasteiger partial charge in [-0.2, -0.15) is 0 Å². The third kappa shape index (κ3) is 4.31. The van der Waals surface area contributed by atoms with Crippen LogP contribution in [0.4, 0.5) is 0 Å². The molecule has 2 atom stereocenters. The fraction of sp³-hybridized carbons (Fsp3) is 0.471. The van der Waals surface area contributed by atoms with Gasteiger partial charge in [-0.15, -0.1) is 0 Å². The predicted molar refractivity (Wildman–Crippen MR) is 84.4 cm³/mol. The van der Waals surface area contributed by atoms with Crippen LogP contribution in [0.2, 0.25) is 0 Å². The molecule has 1 saturated heterocycles. The second-order valence-electron chi connectivity index (χ2n) is 6.23. The van der Waals surface area contributed by atoms with E-state index in [1.165, 1.54) is 0 Å². The lowest BCUT2D eigenvalue weighted by Crippen LogP contribution is -2.47. The number of likely N-dealkylation sites (tertiary alicyclic amines) is 1. The van der Waals surface area contributed by atoms with Crippen molar-refractivity contribution in [1.82, 2.24) is 10.2 Å².